The fraction of sp³-hybridized carbons (Fsp3) is 0.308. The van der Waals surface area contributed by atoms with Gasteiger partial charge in [-0.2, -0.15) is 0 Å². The van der Waals surface area contributed by atoms with E-state index in [9.17, 15) is 14.4 Å². The van der Waals surface area contributed by atoms with Crippen LogP contribution in [-0.2, 0) is 25.7 Å². The molecule has 19 heavy (non-hydrogen) atoms. The standard InChI is InChI=1S/C13H13NO5/c15-10-6-7-11(16)14(10)12(13(17)18)19-8-9-4-2-1-3-5-9/h1-5,12H,6-8H2,(H,17,18). The van der Waals surface area contributed by atoms with Crippen molar-refractivity contribution < 1.29 is 24.2 Å². The number of benzene rings is 1. The van der Waals surface area contributed by atoms with E-state index in [0.717, 1.165) is 5.56 Å². The zero-order chi connectivity index (χ0) is 13.8. The van der Waals surface area contributed by atoms with Gasteiger partial charge in [0.05, 0.1) is 6.61 Å². The normalized spacial score (nSPS) is 16.7. The summed E-state index contributed by atoms with van der Waals surface area (Å²) in [6.07, 6.45) is -1.48. The van der Waals surface area contributed by atoms with Crippen molar-refractivity contribution in [1.82, 2.24) is 4.90 Å². The van der Waals surface area contributed by atoms with Crippen molar-refractivity contribution in [3.8, 4) is 0 Å². The number of carbonyl (C=O) groups excluding carboxylic acids is 2. The largest absolute Gasteiger partial charge is 0.478 e. The second-order valence-corrected chi connectivity index (χ2v) is 4.14. The van der Waals surface area contributed by atoms with Crippen molar-refractivity contribution in [2.24, 2.45) is 0 Å². The molecule has 1 aromatic carbocycles. The first-order valence-corrected chi connectivity index (χ1v) is 5.83. The number of likely N-dealkylation sites (tertiary alicyclic amines) is 1. The molecule has 0 saturated carbocycles. The predicted octanol–water partition coefficient (Wildman–Crippen LogP) is 0.763. The number of imide groups is 1. The number of nitrogens with zero attached hydrogens (tertiary/aromatic N) is 1. The van der Waals surface area contributed by atoms with E-state index in [-0.39, 0.29) is 19.4 Å². The molecule has 1 unspecified atom stereocenters. The third kappa shape index (κ3) is 2.97. The first-order valence-electron chi connectivity index (χ1n) is 5.83. The molecule has 0 bridgehead atoms. The molecule has 1 heterocycles. The molecule has 6 nitrogen and oxygen atoms in total. The van der Waals surface area contributed by atoms with Crippen molar-refractivity contribution in [3.05, 3.63) is 35.9 Å². The first kappa shape index (κ1) is 13.2. The minimum atomic E-state index is -1.55. The van der Waals surface area contributed by atoms with Crippen LogP contribution in [0.2, 0.25) is 0 Å². The van der Waals surface area contributed by atoms with Crippen LogP contribution >= 0.6 is 0 Å². The van der Waals surface area contributed by atoms with E-state index in [0.29, 0.717) is 4.90 Å². The van der Waals surface area contributed by atoms with Crippen LogP contribution in [0.3, 0.4) is 0 Å². The summed E-state index contributed by atoms with van der Waals surface area (Å²) in [5.74, 6) is -2.37. The van der Waals surface area contributed by atoms with Crippen LogP contribution in [0.4, 0.5) is 0 Å². The quantitative estimate of drug-likeness (QED) is 0.793. The smallest absolute Gasteiger partial charge is 0.354 e. The molecular weight excluding hydrogens is 250 g/mol. The molecule has 0 aromatic heterocycles. The Bertz CT molecular complexity index is 483. The Balaban J connectivity index is 2.07. The van der Waals surface area contributed by atoms with Gasteiger partial charge in [-0.3, -0.25) is 9.59 Å². The van der Waals surface area contributed by atoms with Gasteiger partial charge >= 0.3 is 5.97 Å². The lowest BCUT2D eigenvalue weighted by Gasteiger charge is -2.22. The number of hydrogen-bond donors (Lipinski definition) is 1. The van der Waals surface area contributed by atoms with E-state index < -0.39 is 24.0 Å². The molecule has 1 aliphatic heterocycles. The minimum absolute atomic E-state index is 0.0227. The van der Waals surface area contributed by atoms with E-state index in [4.69, 9.17) is 9.84 Å². The third-order valence-electron chi connectivity index (χ3n) is 2.79. The van der Waals surface area contributed by atoms with Gasteiger partial charge in [0.25, 0.3) is 0 Å². The molecule has 1 saturated heterocycles. The summed E-state index contributed by atoms with van der Waals surface area (Å²) in [7, 11) is 0. The van der Waals surface area contributed by atoms with Crippen molar-refractivity contribution in [2.45, 2.75) is 25.7 Å². The Kier molecular flexibility index (Phi) is 3.91. The maximum Gasteiger partial charge on any atom is 0.354 e. The number of carbonyl (C=O) groups is 3. The molecule has 6 heteroatoms. The highest BCUT2D eigenvalue weighted by Gasteiger charge is 2.39. The van der Waals surface area contributed by atoms with Crippen LogP contribution in [0.1, 0.15) is 18.4 Å². The van der Waals surface area contributed by atoms with E-state index in [1.165, 1.54) is 0 Å². The van der Waals surface area contributed by atoms with Crippen LogP contribution < -0.4 is 0 Å². The topological polar surface area (TPSA) is 83.9 Å². The number of aliphatic carboxylic acids is 1. The van der Waals surface area contributed by atoms with Gasteiger partial charge in [0.15, 0.2) is 0 Å². The molecule has 1 atom stereocenters. The number of hydrogen-bond acceptors (Lipinski definition) is 4. The molecular formula is C13H13NO5. The molecule has 1 N–H and O–H groups in total. The lowest BCUT2D eigenvalue weighted by molar-refractivity contribution is -0.175. The highest BCUT2D eigenvalue weighted by Crippen LogP contribution is 2.17. The zero-order valence-corrected chi connectivity index (χ0v) is 10.1. The summed E-state index contributed by atoms with van der Waals surface area (Å²) in [5.41, 5.74) is 0.771. The maximum atomic E-state index is 11.5. The molecule has 2 amide bonds. The number of carboxylic acid groups (broad SMARTS) is 1. The lowest BCUT2D eigenvalue weighted by Crippen LogP contribution is -2.46. The maximum absolute atomic E-state index is 11.5. The Labute approximate surface area is 109 Å². The fourth-order valence-electron chi connectivity index (χ4n) is 1.86. The highest BCUT2D eigenvalue weighted by molar-refractivity contribution is 6.04. The summed E-state index contributed by atoms with van der Waals surface area (Å²) < 4.78 is 5.20. The van der Waals surface area contributed by atoms with Crippen LogP contribution in [0.15, 0.2) is 30.3 Å². The molecule has 2 rings (SSSR count). The molecule has 100 valence electrons. The Morgan fingerprint density at radius 3 is 2.32 bits per heavy atom. The monoisotopic (exact) mass is 263 g/mol. The van der Waals surface area contributed by atoms with Crippen molar-refractivity contribution in [1.29, 1.82) is 0 Å². The molecule has 1 aromatic rings. The summed E-state index contributed by atoms with van der Waals surface area (Å²) in [4.78, 5) is 34.8. The summed E-state index contributed by atoms with van der Waals surface area (Å²) in [6, 6.07) is 8.95. The van der Waals surface area contributed by atoms with Crippen LogP contribution in [-0.4, -0.2) is 34.0 Å². The van der Waals surface area contributed by atoms with Gasteiger partial charge in [0.1, 0.15) is 0 Å². The second-order valence-electron chi connectivity index (χ2n) is 4.14. The first-order chi connectivity index (χ1) is 9.09. The highest BCUT2D eigenvalue weighted by atomic mass is 16.5. The van der Waals surface area contributed by atoms with Gasteiger partial charge in [-0.1, -0.05) is 30.3 Å². The van der Waals surface area contributed by atoms with Crippen molar-refractivity contribution in [3.63, 3.8) is 0 Å². The second kappa shape index (κ2) is 5.62. The van der Waals surface area contributed by atoms with E-state index >= 15 is 0 Å². The number of carboxylic acids is 1. The Morgan fingerprint density at radius 2 is 1.79 bits per heavy atom. The molecule has 0 radical (unpaired) electrons. The van der Waals surface area contributed by atoms with Gasteiger partial charge in [-0.25, -0.2) is 9.69 Å². The Morgan fingerprint density at radius 1 is 1.21 bits per heavy atom. The SMILES string of the molecule is O=C(O)C(OCc1ccccc1)N1C(=O)CCC1=O. The number of rotatable bonds is 5. The van der Waals surface area contributed by atoms with Gasteiger partial charge in [0.2, 0.25) is 18.0 Å². The van der Waals surface area contributed by atoms with Gasteiger partial charge in [-0.05, 0) is 5.56 Å². The van der Waals surface area contributed by atoms with E-state index in [1.54, 1.807) is 24.3 Å². The number of ether oxygens (including phenoxy) is 1. The van der Waals surface area contributed by atoms with Crippen LogP contribution in [0.25, 0.3) is 0 Å². The molecule has 1 aliphatic rings. The lowest BCUT2D eigenvalue weighted by atomic mass is 10.2. The van der Waals surface area contributed by atoms with Gasteiger partial charge < -0.3 is 9.84 Å². The van der Waals surface area contributed by atoms with Crippen molar-refractivity contribution in [2.75, 3.05) is 0 Å². The van der Waals surface area contributed by atoms with E-state index in [2.05, 4.69) is 0 Å². The average molecular weight is 263 g/mol. The van der Waals surface area contributed by atoms with E-state index in [1.807, 2.05) is 6.07 Å². The Hall–Kier alpha value is -2.21. The summed E-state index contributed by atoms with van der Waals surface area (Å²) in [6.45, 7) is 0.0227. The van der Waals surface area contributed by atoms with Crippen LogP contribution in [0.5, 0.6) is 0 Å². The van der Waals surface area contributed by atoms with Crippen molar-refractivity contribution >= 4 is 17.8 Å². The summed E-state index contributed by atoms with van der Waals surface area (Å²) >= 11 is 0. The third-order valence-corrected chi connectivity index (χ3v) is 2.79. The molecule has 1 fully saturated rings. The molecule has 0 spiro atoms. The zero-order valence-electron chi connectivity index (χ0n) is 10.1. The van der Waals surface area contributed by atoms with Crippen LogP contribution in [0, 0.1) is 0 Å². The van der Waals surface area contributed by atoms with Gasteiger partial charge in [0, 0.05) is 12.8 Å². The minimum Gasteiger partial charge on any atom is -0.478 e. The molecule has 0 aliphatic carbocycles. The average Bonchev–Trinajstić information content (AvgIpc) is 2.72. The summed E-state index contributed by atoms with van der Waals surface area (Å²) in [5, 5.41) is 9.08. The number of amides is 2. The fourth-order valence-corrected chi connectivity index (χ4v) is 1.86. The van der Waals surface area contributed by atoms with Gasteiger partial charge in [-0.15, -0.1) is 0 Å². The predicted molar refractivity (Wildman–Crippen MR) is 63.7 cm³/mol.